The van der Waals surface area contributed by atoms with Gasteiger partial charge in [-0.2, -0.15) is 18.2 Å². The molecule has 4 rings (SSSR count). The van der Waals surface area contributed by atoms with E-state index in [0.717, 1.165) is 18.4 Å². The Kier molecular flexibility index (Phi) is 3.45. The molecule has 1 saturated carbocycles. The molecule has 0 spiro atoms. The molecule has 0 saturated heterocycles. The maximum absolute atomic E-state index is 12.5. The molecule has 1 aliphatic rings. The van der Waals surface area contributed by atoms with E-state index < -0.39 is 12.1 Å². The minimum Gasteiger partial charge on any atom is -0.345 e. The first-order valence-corrected chi connectivity index (χ1v) is 7.53. The van der Waals surface area contributed by atoms with Crippen molar-refractivity contribution in [2.75, 3.05) is 5.32 Å². The lowest BCUT2D eigenvalue weighted by Crippen LogP contribution is -2.20. The fourth-order valence-corrected chi connectivity index (χ4v) is 2.55. The Morgan fingerprint density at radius 3 is 2.28 bits per heavy atom. The van der Waals surface area contributed by atoms with E-state index >= 15 is 0 Å². The highest BCUT2D eigenvalue weighted by Gasteiger charge is 2.45. The van der Waals surface area contributed by atoms with Crippen molar-refractivity contribution in [3.05, 3.63) is 54.2 Å². The summed E-state index contributed by atoms with van der Waals surface area (Å²) in [5.74, 6) is -1.21. The van der Waals surface area contributed by atoms with Gasteiger partial charge in [-0.15, -0.1) is 0 Å². The molecule has 2 heterocycles. The molecule has 1 N–H and O–H groups in total. The average Bonchev–Trinajstić information content (AvgIpc) is 3.20. The van der Waals surface area contributed by atoms with Crippen LogP contribution in [0.3, 0.4) is 0 Å². The van der Waals surface area contributed by atoms with Crippen molar-refractivity contribution < 1.29 is 17.7 Å². The van der Waals surface area contributed by atoms with Crippen molar-refractivity contribution in [3.63, 3.8) is 0 Å². The molecule has 1 aliphatic carbocycles. The predicted molar refractivity (Wildman–Crippen MR) is 81.3 cm³/mol. The SMILES string of the molecule is FC(F)(F)c1nc(-c2cnc(NC3(c4ccccc4)CC3)nc2)no1. The highest BCUT2D eigenvalue weighted by molar-refractivity contribution is 5.53. The highest BCUT2D eigenvalue weighted by atomic mass is 19.4. The van der Waals surface area contributed by atoms with Gasteiger partial charge in [0.1, 0.15) is 0 Å². The van der Waals surface area contributed by atoms with E-state index in [9.17, 15) is 13.2 Å². The zero-order valence-corrected chi connectivity index (χ0v) is 12.8. The first kappa shape index (κ1) is 15.6. The van der Waals surface area contributed by atoms with Crippen LogP contribution in [0.4, 0.5) is 19.1 Å². The summed E-state index contributed by atoms with van der Waals surface area (Å²) in [5, 5.41) is 6.60. The minimum absolute atomic E-state index is 0.182. The van der Waals surface area contributed by atoms with E-state index in [1.54, 1.807) is 0 Å². The van der Waals surface area contributed by atoms with Gasteiger partial charge in [0, 0.05) is 12.4 Å². The van der Waals surface area contributed by atoms with E-state index in [1.165, 1.54) is 12.4 Å². The van der Waals surface area contributed by atoms with Crippen molar-refractivity contribution in [1.29, 1.82) is 0 Å². The Morgan fingerprint density at radius 1 is 1.04 bits per heavy atom. The Balaban J connectivity index is 1.52. The molecule has 1 aromatic carbocycles. The molecule has 0 atom stereocenters. The third-order valence-corrected chi connectivity index (χ3v) is 4.01. The van der Waals surface area contributed by atoms with Gasteiger partial charge in [-0.25, -0.2) is 9.97 Å². The summed E-state index contributed by atoms with van der Waals surface area (Å²) in [6, 6.07) is 9.95. The monoisotopic (exact) mass is 347 g/mol. The molecule has 0 aliphatic heterocycles. The molecule has 0 unspecified atom stereocenters. The van der Waals surface area contributed by atoms with Gasteiger partial charge < -0.3 is 9.84 Å². The van der Waals surface area contributed by atoms with Crippen LogP contribution in [0, 0.1) is 0 Å². The van der Waals surface area contributed by atoms with E-state index in [1.807, 2.05) is 30.3 Å². The van der Waals surface area contributed by atoms with Crippen LogP contribution in [-0.2, 0) is 11.7 Å². The van der Waals surface area contributed by atoms with Gasteiger partial charge in [0.2, 0.25) is 11.8 Å². The van der Waals surface area contributed by atoms with Crippen molar-refractivity contribution in [2.45, 2.75) is 24.6 Å². The molecule has 6 nitrogen and oxygen atoms in total. The number of nitrogens with one attached hydrogen (secondary N) is 1. The Hall–Kier alpha value is -2.97. The number of rotatable bonds is 4. The van der Waals surface area contributed by atoms with Crippen LogP contribution in [-0.4, -0.2) is 20.1 Å². The summed E-state index contributed by atoms with van der Waals surface area (Å²) in [5.41, 5.74) is 1.21. The molecular formula is C16H12F3N5O. The van der Waals surface area contributed by atoms with Crippen molar-refractivity contribution >= 4 is 5.95 Å². The number of hydrogen-bond donors (Lipinski definition) is 1. The number of anilines is 1. The number of benzene rings is 1. The average molecular weight is 347 g/mol. The van der Waals surface area contributed by atoms with Crippen LogP contribution >= 0.6 is 0 Å². The molecule has 2 aromatic heterocycles. The van der Waals surface area contributed by atoms with Crippen molar-refractivity contribution in [3.8, 4) is 11.4 Å². The molecule has 128 valence electrons. The van der Waals surface area contributed by atoms with Crippen LogP contribution < -0.4 is 5.32 Å². The normalized spacial score (nSPS) is 15.8. The summed E-state index contributed by atoms with van der Waals surface area (Å²) in [4.78, 5) is 11.6. The molecule has 25 heavy (non-hydrogen) atoms. The van der Waals surface area contributed by atoms with Gasteiger partial charge in [0.05, 0.1) is 11.1 Å². The lowest BCUT2D eigenvalue weighted by Gasteiger charge is -2.17. The zero-order valence-electron chi connectivity index (χ0n) is 12.8. The molecule has 0 amide bonds. The third-order valence-electron chi connectivity index (χ3n) is 4.01. The van der Waals surface area contributed by atoms with E-state index in [2.05, 4.69) is 29.9 Å². The lowest BCUT2D eigenvalue weighted by atomic mass is 10.1. The number of halogens is 3. The fraction of sp³-hybridized carbons (Fsp3) is 0.250. The predicted octanol–water partition coefficient (Wildman–Crippen LogP) is 3.65. The Bertz CT molecular complexity index is 873. The second kappa shape index (κ2) is 5.54. The van der Waals surface area contributed by atoms with Gasteiger partial charge in [0.25, 0.3) is 0 Å². The smallest absolute Gasteiger partial charge is 0.345 e. The summed E-state index contributed by atoms with van der Waals surface area (Å²) >= 11 is 0. The van der Waals surface area contributed by atoms with Crippen LogP contribution in [0.2, 0.25) is 0 Å². The maximum Gasteiger partial charge on any atom is 0.471 e. The summed E-state index contributed by atoms with van der Waals surface area (Å²) in [6.07, 6.45) is -0.0334. The van der Waals surface area contributed by atoms with Crippen LogP contribution in [0.5, 0.6) is 0 Å². The number of alkyl halides is 3. The minimum atomic E-state index is -4.68. The first-order chi connectivity index (χ1) is 12.0. The maximum atomic E-state index is 12.5. The van der Waals surface area contributed by atoms with Gasteiger partial charge in [-0.1, -0.05) is 35.5 Å². The standard InChI is InChI=1S/C16H12F3N5O/c17-16(18,19)13-22-12(24-25-13)10-8-20-14(21-9-10)23-15(6-7-15)11-4-2-1-3-5-11/h1-5,8-9H,6-7H2,(H,20,21,23). The Labute approximate surface area is 140 Å². The summed E-state index contributed by atoms with van der Waals surface area (Å²) in [7, 11) is 0. The van der Waals surface area contributed by atoms with Gasteiger partial charge >= 0.3 is 12.1 Å². The molecule has 0 bridgehead atoms. The van der Waals surface area contributed by atoms with Gasteiger partial charge in [0.15, 0.2) is 0 Å². The third kappa shape index (κ3) is 3.04. The van der Waals surface area contributed by atoms with Gasteiger partial charge in [-0.3, -0.25) is 0 Å². The highest BCUT2D eigenvalue weighted by Crippen LogP contribution is 2.47. The van der Waals surface area contributed by atoms with Crippen LogP contribution in [0.1, 0.15) is 24.3 Å². The van der Waals surface area contributed by atoms with E-state index in [4.69, 9.17) is 0 Å². The van der Waals surface area contributed by atoms with Crippen LogP contribution in [0.15, 0.2) is 47.2 Å². The molecular weight excluding hydrogens is 335 g/mol. The summed E-state index contributed by atoms with van der Waals surface area (Å²) in [6.45, 7) is 0. The first-order valence-electron chi connectivity index (χ1n) is 7.53. The van der Waals surface area contributed by atoms with Crippen LogP contribution in [0.25, 0.3) is 11.4 Å². The number of nitrogens with zero attached hydrogens (tertiary/aromatic N) is 4. The number of aromatic nitrogens is 4. The van der Waals surface area contributed by atoms with E-state index in [0.29, 0.717) is 5.95 Å². The Morgan fingerprint density at radius 2 is 1.72 bits per heavy atom. The molecule has 1 fully saturated rings. The van der Waals surface area contributed by atoms with Crippen molar-refractivity contribution in [2.24, 2.45) is 0 Å². The second-order valence-corrected chi connectivity index (χ2v) is 5.79. The second-order valence-electron chi connectivity index (χ2n) is 5.79. The summed E-state index contributed by atoms with van der Waals surface area (Å²) < 4.78 is 41.7. The zero-order chi connectivity index (χ0) is 17.5. The van der Waals surface area contributed by atoms with Gasteiger partial charge in [-0.05, 0) is 18.4 Å². The topological polar surface area (TPSA) is 76.7 Å². The van der Waals surface area contributed by atoms with Crippen molar-refractivity contribution in [1.82, 2.24) is 20.1 Å². The largest absolute Gasteiger partial charge is 0.471 e. The molecule has 0 radical (unpaired) electrons. The fourth-order valence-electron chi connectivity index (χ4n) is 2.55. The van der Waals surface area contributed by atoms with E-state index in [-0.39, 0.29) is 16.9 Å². The lowest BCUT2D eigenvalue weighted by molar-refractivity contribution is -0.159. The molecule has 9 heteroatoms. The quantitative estimate of drug-likeness (QED) is 0.776. The number of hydrogen-bond acceptors (Lipinski definition) is 6. The molecule has 3 aromatic rings.